The number of hydrogen-bond donors (Lipinski definition) is 2. The third-order valence-corrected chi connectivity index (χ3v) is 4.24. The van der Waals surface area contributed by atoms with Crippen molar-refractivity contribution in [3.63, 3.8) is 0 Å². The van der Waals surface area contributed by atoms with Gasteiger partial charge in [-0.15, -0.1) is 0 Å². The number of hydrogen-bond acceptors (Lipinski definition) is 6. The van der Waals surface area contributed by atoms with Crippen molar-refractivity contribution in [2.24, 2.45) is 0 Å². The van der Waals surface area contributed by atoms with Crippen LogP contribution in [-0.4, -0.2) is 25.7 Å². The van der Waals surface area contributed by atoms with E-state index in [4.69, 9.17) is 18.6 Å². The molecule has 0 fully saturated rings. The number of carbonyl (C=O) groups is 2. The van der Waals surface area contributed by atoms with E-state index in [9.17, 15) is 9.59 Å². The zero-order valence-electron chi connectivity index (χ0n) is 15.9. The van der Waals surface area contributed by atoms with Crippen molar-refractivity contribution in [3.8, 4) is 11.5 Å². The van der Waals surface area contributed by atoms with Gasteiger partial charge in [0.1, 0.15) is 12.4 Å². The second-order valence-corrected chi connectivity index (χ2v) is 6.07. The number of methoxy groups -OCH3 is 1. The number of ether oxygens (including phenoxy) is 3. The molecule has 0 saturated heterocycles. The normalized spacial score (nSPS) is 16.2. The molecule has 0 radical (unpaired) electrons. The van der Waals surface area contributed by atoms with Crippen LogP contribution in [0.5, 0.6) is 11.5 Å². The van der Waals surface area contributed by atoms with Crippen molar-refractivity contribution in [2.75, 3.05) is 13.7 Å². The minimum absolute atomic E-state index is 0.00409. The molecule has 1 aliphatic heterocycles. The summed E-state index contributed by atoms with van der Waals surface area (Å²) in [5.74, 6) is 1.06. The number of amides is 2. The Kier molecular flexibility index (Phi) is 5.88. The van der Waals surface area contributed by atoms with E-state index >= 15 is 0 Å². The second-order valence-electron chi connectivity index (χ2n) is 6.07. The van der Waals surface area contributed by atoms with E-state index in [1.54, 1.807) is 37.3 Å². The van der Waals surface area contributed by atoms with E-state index in [0.717, 1.165) is 0 Å². The number of nitrogens with one attached hydrogen (secondary N) is 2. The molecule has 1 atom stereocenters. The Morgan fingerprint density at radius 1 is 1.25 bits per heavy atom. The van der Waals surface area contributed by atoms with Gasteiger partial charge in [0.05, 0.1) is 31.6 Å². The lowest BCUT2D eigenvalue weighted by molar-refractivity contribution is -0.141. The molecular weight excluding hydrogens is 364 g/mol. The third-order valence-electron chi connectivity index (χ3n) is 4.24. The van der Waals surface area contributed by atoms with Crippen LogP contribution >= 0.6 is 0 Å². The largest absolute Gasteiger partial charge is 0.493 e. The molecule has 0 aliphatic carbocycles. The fourth-order valence-corrected chi connectivity index (χ4v) is 2.96. The number of benzene rings is 1. The molecule has 2 amide bonds. The van der Waals surface area contributed by atoms with E-state index in [0.29, 0.717) is 40.7 Å². The van der Waals surface area contributed by atoms with Crippen LogP contribution < -0.4 is 20.1 Å². The Balaban J connectivity index is 1.89. The molecule has 1 aromatic heterocycles. The molecule has 0 saturated carbocycles. The molecule has 3 rings (SSSR count). The molecule has 2 N–H and O–H groups in total. The molecule has 28 heavy (non-hydrogen) atoms. The van der Waals surface area contributed by atoms with Crippen molar-refractivity contribution in [1.82, 2.24) is 10.6 Å². The van der Waals surface area contributed by atoms with Crippen LogP contribution in [-0.2, 0) is 16.1 Å². The quantitative estimate of drug-likeness (QED) is 0.710. The number of furan rings is 1. The van der Waals surface area contributed by atoms with E-state index in [2.05, 4.69) is 10.6 Å². The van der Waals surface area contributed by atoms with Crippen LogP contribution in [0.1, 0.15) is 31.2 Å². The van der Waals surface area contributed by atoms with Gasteiger partial charge in [-0.2, -0.15) is 0 Å². The molecule has 148 valence electrons. The summed E-state index contributed by atoms with van der Waals surface area (Å²) in [5.41, 5.74) is 1.39. The van der Waals surface area contributed by atoms with Gasteiger partial charge < -0.3 is 29.3 Å². The highest BCUT2D eigenvalue weighted by Gasteiger charge is 2.33. The molecule has 2 heterocycles. The van der Waals surface area contributed by atoms with E-state index in [-0.39, 0.29) is 6.61 Å². The van der Waals surface area contributed by atoms with Gasteiger partial charge in [0.2, 0.25) is 0 Å². The predicted molar refractivity (Wildman–Crippen MR) is 99.8 cm³/mol. The molecular formula is C20H22N2O6. The van der Waals surface area contributed by atoms with Gasteiger partial charge in [-0.25, -0.2) is 9.59 Å². The maximum absolute atomic E-state index is 12.7. The Morgan fingerprint density at radius 2 is 2.07 bits per heavy atom. The average Bonchev–Trinajstić information content (AvgIpc) is 3.19. The Hall–Kier alpha value is -3.42. The van der Waals surface area contributed by atoms with Crippen LogP contribution in [0, 0.1) is 0 Å². The summed E-state index contributed by atoms with van der Waals surface area (Å²) < 4.78 is 21.5. The van der Waals surface area contributed by atoms with Gasteiger partial charge >= 0.3 is 12.0 Å². The van der Waals surface area contributed by atoms with Crippen LogP contribution in [0.2, 0.25) is 0 Å². The van der Waals surface area contributed by atoms with Gasteiger partial charge in [-0.3, -0.25) is 0 Å². The van der Waals surface area contributed by atoms with Crippen LogP contribution in [0.4, 0.5) is 4.79 Å². The molecule has 1 aliphatic rings. The summed E-state index contributed by atoms with van der Waals surface area (Å²) in [4.78, 5) is 24.8. The Bertz CT molecular complexity index is 888. The Labute approximate surface area is 162 Å². The lowest BCUT2D eigenvalue weighted by Gasteiger charge is -2.28. The fraction of sp³-hybridized carbons (Fsp3) is 0.300. The molecule has 1 aromatic carbocycles. The average molecular weight is 386 g/mol. The maximum Gasteiger partial charge on any atom is 0.338 e. The molecule has 0 bridgehead atoms. The number of allylic oxidation sites excluding steroid dienone is 1. The highest BCUT2D eigenvalue weighted by Crippen LogP contribution is 2.34. The van der Waals surface area contributed by atoms with Crippen molar-refractivity contribution in [1.29, 1.82) is 0 Å². The van der Waals surface area contributed by atoms with Crippen LogP contribution in [0.15, 0.2) is 52.3 Å². The van der Waals surface area contributed by atoms with Crippen molar-refractivity contribution >= 4 is 12.0 Å². The standard InChI is InChI=1S/C20H22N2O6/c1-4-26-15-8-7-13(10-16(15)25-3)18-17(12(2)21-20(24)22-18)19(23)28-11-14-6-5-9-27-14/h5-10,18H,4,11H2,1-3H3,(H2,21,22,24). The number of esters is 1. The maximum atomic E-state index is 12.7. The third kappa shape index (κ3) is 4.11. The summed E-state index contributed by atoms with van der Waals surface area (Å²) in [6.07, 6.45) is 1.51. The topological polar surface area (TPSA) is 99.0 Å². The van der Waals surface area contributed by atoms with Crippen molar-refractivity contribution < 1.29 is 28.2 Å². The smallest absolute Gasteiger partial charge is 0.338 e. The first kappa shape index (κ1) is 19.3. The van der Waals surface area contributed by atoms with Crippen molar-refractivity contribution in [3.05, 3.63) is 59.2 Å². The fourth-order valence-electron chi connectivity index (χ4n) is 2.96. The van der Waals surface area contributed by atoms with Crippen LogP contribution in [0.25, 0.3) is 0 Å². The van der Waals surface area contributed by atoms with E-state index in [1.165, 1.54) is 13.4 Å². The van der Waals surface area contributed by atoms with Gasteiger partial charge in [0.25, 0.3) is 0 Å². The highest BCUT2D eigenvalue weighted by molar-refractivity contribution is 5.95. The lowest BCUT2D eigenvalue weighted by Crippen LogP contribution is -2.45. The van der Waals surface area contributed by atoms with Gasteiger partial charge in [-0.05, 0) is 43.7 Å². The number of rotatable bonds is 7. The van der Waals surface area contributed by atoms with E-state index < -0.39 is 18.0 Å². The van der Waals surface area contributed by atoms with Gasteiger partial charge in [-0.1, -0.05) is 6.07 Å². The first-order valence-electron chi connectivity index (χ1n) is 8.82. The molecule has 8 heteroatoms. The minimum Gasteiger partial charge on any atom is -0.493 e. The summed E-state index contributed by atoms with van der Waals surface area (Å²) in [6, 6.07) is 7.58. The molecule has 2 aromatic rings. The van der Waals surface area contributed by atoms with Gasteiger partial charge in [0, 0.05) is 5.70 Å². The Morgan fingerprint density at radius 3 is 2.75 bits per heavy atom. The first-order chi connectivity index (χ1) is 13.5. The van der Waals surface area contributed by atoms with Crippen molar-refractivity contribution in [2.45, 2.75) is 26.5 Å². The number of carbonyl (C=O) groups excluding carboxylic acids is 2. The molecule has 0 spiro atoms. The molecule has 1 unspecified atom stereocenters. The second kappa shape index (κ2) is 8.51. The monoisotopic (exact) mass is 386 g/mol. The minimum atomic E-state index is -0.692. The highest BCUT2D eigenvalue weighted by atomic mass is 16.5. The summed E-state index contributed by atoms with van der Waals surface area (Å²) in [6.45, 7) is 4.01. The summed E-state index contributed by atoms with van der Waals surface area (Å²) >= 11 is 0. The zero-order valence-corrected chi connectivity index (χ0v) is 15.9. The lowest BCUT2D eigenvalue weighted by atomic mass is 9.95. The predicted octanol–water partition coefficient (Wildman–Crippen LogP) is 3.06. The summed E-state index contributed by atoms with van der Waals surface area (Å²) in [5, 5.41) is 5.37. The zero-order chi connectivity index (χ0) is 20.1. The van der Waals surface area contributed by atoms with E-state index in [1.807, 2.05) is 6.92 Å². The number of urea groups is 1. The SMILES string of the molecule is CCOc1ccc(C2NC(=O)NC(C)=C2C(=O)OCc2ccco2)cc1OC. The van der Waals surface area contributed by atoms with Crippen LogP contribution in [0.3, 0.4) is 0 Å². The first-order valence-corrected chi connectivity index (χ1v) is 8.82. The summed E-state index contributed by atoms with van der Waals surface area (Å²) in [7, 11) is 1.53. The molecule has 8 nitrogen and oxygen atoms in total. The van der Waals surface area contributed by atoms with Gasteiger partial charge in [0.15, 0.2) is 11.5 Å².